The molecule has 4 nitrogen and oxygen atoms in total. The topological polar surface area (TPSA) is 61.4 Å². The van der Waals surface area contributed by atoms with E-state index in [1.807, 2.05) is 0 Å². The Balaban J connectivity index is 3.24. The van der Waals surface area contributed by atoms with Gasteiger partial charge in [-0.3, -0.25) is 4.79 Å². The van der Waals surface area contributed by atoms with Crippen molar-refractivity contribution in [2.45, 2.75) is 39.5 Å². The van der Waals surface area contributed by atoms with Crippen molar-refractivity contribution < 1.29 is 9.90 Å². The van der Waals surface area contributed by atoms with Crippen LogP contribution in [0, 0.1) is 5.92 Å². The molecule has 16 heavy (non-hydrogen) atoms. The lowest BCUT2D eigenvalue weighted by Crippen LogP contribution is -2.37. The van der Waals surface area contributed by atoms with Crippen LogP contribution in [0.15, 0.2) is 0 Å². The van der Waals surface area contributed by atoms with Gasteiger partial charge in [-0.25, -0.2) is 0 Å². The van der Waals surface area contributed by atoms with Crippen LogP contribution in [0.1, 0.15) is 39.5 Å². The Kier molecular flexibility index (Phi) is 8.90. The maximum atomic E-state index is 10.2. The molecular weight excluding hydrogens is 224 g/mol. The normalized spacial score (nSPS) is 10.2. The van der Waals surface area contributed by atoms with Crippen molar-refractivity contribution in [3.05, 3.63) is 0 Å². The summed E-state index contributed by atoms with van der Waals surface area (Å²) in [6.45, 7) is 5.94. The first-order valence-corrected chi connectivity index (χ1v) is 6.16. The second kappa shape index (κ2) is 9.39. The molecule has 0 amide bonds. The Morgan fingerprint density at radius 3 is 2.50 bits per heavy atom. The van der Waals surface area contributed by atoms with Gasteiger partial charge in [-0.15, -0.1) is 0 Å². The average molecular weight is 246 g/mol. The first kappa shape index (κ1) is 15.2. The number of carbonyl (C=O) groups is 1. The molecule has 0 unspecified atom stereocenters. The van der Waals surface area contributed by atoms with Gasteiger partial charge in [-0.2, -0.15) is 0 Å². The molecule has 0 aromatic rings. The molecule has 94 valence electrons. The zero-order valence-corrected chi connectivity index (χ0v) is 10.9. The summed E-state index contributed by atoms with van der Waals surface area (Å²) < 4.78 is 0. The third-order valence-electron chi connectivity index (χ3n) is 2.02. The standard InChI is InChI=1S/C11H22N2O2S/c1-9(2)8-13-11(16)12-7-5-3-4-6-10(14)15/h9H,3-8H2,1-2H3,(H,14,15)(H2,12,13,16). The molecule has 0 atom stereocenters. The number of thiocarbonyl (C=S) groups is 1. The summed E-state index contributed by atoms with van der Waals surface area (Å²) in [4.78, 5) is 10.2. The number of rotatable bonds is 8. The molecule has 0 aliphatic rings. The highest BCUT2D eigenvalue weighted by molar-refractivity contribution is 7.80. The fourth-order valence-corrected chi connectivity index (χ4v) is 1.32. The van der Waals surface area contributed by atoms with Crippen molar-refractivity contribution in [1.82, 2.24) is 10.6 Å². The van der Waals surface area contributed by atoms with Crippen LogP contribution in [0.5, 0.6) is 0 Å². The highest BCUT2D eigenvalue weighted by Crippen LogP contribution is 1.98. The maximum absolute atomic E-state index is 10.2. The minimum Gasteiger partial charge on any atom is -0.481 e. The van der Waals surface area contributed by atoms with Crippen LogP contribution in [0.25, 0.3) is 0 Å². The van der Waals surface area contributed by atoms with E-state index in [4.69, 9.17) is 17.3 Å². The van der Waals surface area contributed by atoms with Crippen LogP contribution in [0.2, 0.25) is 0 Å². The molecule has 0 saturated carbocycles. The summed E-state index contributed by atoms with van der Waals surface area (Å²) in [5.74, 6) is -0.141. The fourth-order valence-electron chi connectivity index (χ4n) is 1.14. The van der Waals surface area contributed by atoms with Crippen LogP contribution in [-0.2, 0) is 4.79 Å². The molecular formula is C11H22N2O2S. The Morgan fingerprint density at radius 2 is 1.94 bits per heavy atom. The maximum Gasteiger partial charge on any atom is 0.303 e. The lowest BCUT2D eigenvalue weighted by molar-refractivity contribution is -0.137. The van der Waals surface area contributed by atoms with E-state index in [0.29, 0.717) is 11.0 Å². The van der Waals surface area contributed by atoms with Gasteiger partial charge in [0.2, 0.25) is 0 Å². The van der Waals surface area contributed by atoms with E-state index in [2.05, 4.69) is 24.5 Å². The summed E-state index contributed by atoms with van der Waals surface area (Å²) in [7, 11) is 0. The third kappa shape index (κ3) is 11.2. The molecule has 0 fully saturated rings. The predicted molar refractivity (Wildman–Crippen MR) is 69.5 cm³/mol. The minimum absolute atomic E-state index is 0.260. The first-order valence-electron chi connectivity index (χ1n) is 5.76. The summed E-state index contributed by atoms with van der Waals surface area (Å²) in [5, 5.41) is 15.3. The van der Waals surface area contributed by atoms with Gasteiger partial charge in [0.05, 0.1) is 0 Å². The summed E-state index contributed by atoms with van der Waals surface area (Å²) in [6, 6.07) is 0. The third-order valence-corrected chi connectivity index (χ3v) is 2.31. The van der Waals surface area contributed by atoms with Crippen molar-refractivity contribution in [3.63, 3.8) is 0 Å². The van der Waals surface area contributed by atoms with E-state index in [1.54, 1.807) is 0 Å². The molecule has 3 N–H and O–H groups in total. The van der Waals surface area contributed by atoms with Crippen LogP contribution in [0.3, 0.4) is 0 Å². The van der Waals surface area contributed by atoms with E-state index < -0.39 is 5.97 Å². The van der Waals surface area contributed by atoms with Crippen molar-refractivity contribution in [2.24, 2.45) is 5.92 Å². The lowest BCUT2D eigenvalue weighted by atomic mass is 10.2. The second-order valence-corrected chi connectivity index (χ2v) is 4.64. The molecule has 0 heterocycles. The zero-order chi connectivity index (χ0) is 12.4. The number of hydrogen-bond donors (Lipinski definition) is 3. The molecule has 0 aromatic heterocycles. The smallest absolute Gasteiger partial charge is 0.303 e. The molecule has 0 spiro atoms. The highest BCUT2D eigenvalue weighted by Gasteiger charge is 1.98. The van der Waals surface area contributed by atoms with Gasteiger partial charge in [0, 0.05) is 19.5 Å². The van der Waals surface area contributed by atoms with E-state index in [0.717, 1.165) is 32.4 Å². The van der Waals surface area contributed by atoms with E-state index >= 15 is 0 Å². The molecule has 0 bridgehead atoms. The Hall–Kier alpha value is -0.840. The minimum atomic E-state index is -0.720. The quantitative estimate of drug-likeness (QED) is 0.450. The Morgan fingerprint density at radius 1 is 1.25 bits per heavy atom. The average Bonchev–Trinajstić information content (AvgIpc) is 2.19. The number of aliphatic carboxylic acids is 1. The van der Waals surface area contributed by atoms with Gasteiger partial charge >= 0.3 is 5.97 Å². The van der Waals surface area contributed by atoms with Gasteiger partial charge in [0.15, 0.2) is 5.11 Å². The number of hydrogen-bond acceptors (Lipinski definition) is 2. The molecule has 0 aliphatic heterocycles. The monoisotopic (exact) mass is 246 g/mol. The summed E-state index contributed by atoms with van der Waals surface area (Å²) in [6.07, 6.45) is 2.88. The lowest BCUT2D eigenvalue weighted by Gasteiger charge is -2.11. The Labute approximate surface area is 103 Å². The number of carboxylic acid groups (broad SMARTS) is 1. The van der Waals surface area contributed by atoms with Crippen molar-refractivity contribution in [1.29, 1.82) is 0 Å². The largest absolute Gasteiger partial charge is 0.481 e. The Bertz CT molecular complexity index is 220. The molecule has 0 radical (unpaired) electrons. The summed E-state index contributed by atoms with van der Waals surface area (Å²) in [5.41, 5.74) is 0. The SMILES string of the molecule is CC(C)CNC(=S)NCCCCCC(=O)O. The van der Waals surface area contributed by atoms with Crippen LogP contribution in [0.4, 0.5) is 0 Å². The molecule has 0 rings (SSSR count). The molecule has 0 saturated heterocycles. The van der Waals surface area contributed by atoms with Crippen molar-refractivity contribution in [3.8, 4) is 0 Å². The number of unbranched alkanes of at least 4 members (excludes halogenated alkanes) is 2. The first-order chi connectivity index (χ1) is 7.52. The molecule has 0 aliphatic carbocycles. The zero-order valence-electron chi connectivity index (χ0n) is 10.1. The molecule has 0 aromatic carbocycles. The van der Waals surface area contributed by atoms with E-state index in [-0.39, 0.29) is 6.42 Å². The highest BCUT2D eigenvalue weighted by atomic mass is 32.1. The van der Waals surface area contributed by atoms with Gasteiger partial charge in [-0.1, -0.05) is 20.3 Å². The van der Waals surface area contributed by atoms with Crippen LogP contribution >= 0.6 is 12.2 Å². The van der Waals surface area contributed by atoms with Crippen LogP contribution < -0.4 is 10.6 Å². The number of carboxylic acids is 1. The van der Waals surface area contributed by atoms with Gasteiger partial charge in [-0.05, 0) is 31.0 Å². The van der Waals surface area contributed by atoms with Crippen LogP contribution in [-0.4, -0.2) is 29.3 Å². The predicted octanol–water partition coefficient (Wildman–Crippen LogP) is 1.75. The van der Waals surface area contributed by atoms with Crippen molar-refractivity contribution in [2.75, 3.05) is 13.1 Å². The fraction of sp³-hybridized carbons (Fsp3) is 0.818. The summed E-state index contributed by atoms with van der Waals surface area (Å²) >= 11 is 5.08. The van der Waals surface area contributed by atoms with Crippen molar-refractivity contribution >= 4 is 23.3 Å². The van der Waals surface area contributed by atoms with Gasteiger partial charge < -0.3 is 15.7 Å². The van der Waals surface area contributed by atoms with E-state index in [1.165, 1.54) is 0 Å². The molecule has 5 heteroatoms. The van der Waals surface area contributed by atoms with E-state index in [9.17, 15) is 4.79 Å². The van der Waals surface area contributed by atoms with Gasteiger partial charge in [0.1, 0.15) is 0 Å². The number of nitrogens with one attached hydrogen (secondary N) is 2. The second-order valence-electron chi connectivity index (χ2n) is 4.24. The van der Waals surface area contributed by atoms with Gasteiger partial charge in [0.25, 0.3) is 0 Å².